The van der Waals surface area contributed by atoms with Gasteiger partial charge in [0.2, 0.25) is 5.91 Å². The summed E-state index contributed by atoms with van der Waals surface area (Å²) in [5.41, 5.74) is 2.39. The van der Waals surface area contributed by atoms with E-state index in [4.69, 9.17) is 14.5 Å². The summed E-state index contributed by atoms with van der Waals surface area (Å²) >= 11 is 2.84. The lowest BCUT2D eigenvalue weighted by molar-refractivity contribution is -0.895. The number of anilines is 1. The molecule has 4 aromatic rings. The standard InChI is InChI=1S/C26H26N4O4S2/c1-29-13-12-20-21(14-29)36-24-23(20)25(32)30(17-6-10-19(34-3)11-7-17)26(28-24)35-15-22(31)27-16-4-8-18(33-2)9-5-16/h4-11H,12-15H2,1-3H3,(H,27,31)/p+1. The van der Waals surface area contributed by atoms with E-state index in [0.717, 1.165) is 35.7 Å². The predicted molar refractivity (Wildman–Crippen MR) is 143 cm³/mol. The Morgan fingerprint density at radius 2 is 1.78 bits per heavy atom. The van der Waals surface area contributed by atoms with Crippen LogP contribution in [0.15, 0.2) is 58.5 Å². The summed E-state index contributed by atoms with van der Waals surface area (Å²) in [6, 6.07) is 14.5. The maximum absolute atomic E-state index is 13.9. The summed E-state index contributed by atoms with van der Waals surface area (Å²) in [7, 11) is 5.37. The molecular formula is C26H27N4O4S2+. The molecule has 36 heavy (non-hydrogen) atoms. The van der Waals surface area contributed by atoms with Crippen molar-refractivity contribution in [3.63, 3.8) is 0 Å². The number of carbonyl (C=O) groups excluding carboxylic acids is 1. The number of hydrogen-bond donors (Lipinski definition) is 2. The van der Waals surface area contributed by atoms with Gasteiger partial charge in [-0.25, -0.2) is 4.98 Å². The quantitative estimate of drug-likeness (QED) is 0.286. The number of nitrogens with one attached hydrogen (secondary N) is 2. The number of carbonyl (C=O) groups is 1. The summed E-state index contributed by atoms with van der Waals surface area (Å²) < 4.78 is 12.1. The number of quaternary nitrogens is 1. The van der Waals surface area contributed by atoms with Crippen LogP contribution >= 0.6 is 23.1 Å². The lowest BCUT2D eigenvalue weighted by Gasteiger charge is -2.19. The number of likely N-dealkylation sites (N-methyl/N-ethyl adjacent to an activating group) is 1. The third kappa shape index (κ3) is 4.84. The smallest absolute Gasteiger partial charge is 0.267 e. The Bertz CT molecular complexity index is 1460. The van der Waals surface area contributed by atoms with Gasteiger partial charge in [0.25, 0.3) is 5.56 Å². The molecule has 1 amide bonds. The normalized spacial score (nSPS) is 14.9. The van der Waals surface area contributed by atoms with Gasteiger partial charge in [-0.15, -0.1) is 11.3 Å². The third-order valence-electron chi connectivity index (χ3n) is 6.18. The highest BCUT2D eigenvalue weighted by Gasteiger charge is 2.26. The van der Waals surface area contributed by atoms with Gasteiger partial charge in [-0.2, -0.15) is 0 Å². The van der Waals surface area contributed by atoms with E-state index >= 15 is 0 Å². The zero-order valence-electron chi connectivity index (χ0n) is 20.3. The van der Waals surface area contributed by atoms with Gasteiger partial charge in [0.15, 0.2) is 5.16 Å². The van der Waals surface area contributed by atoms with E-state index in [2.05, 4.69) is 12.4 Å². The highest BCUT2D eigenvalue weighted by molar-refractivity contribution is 7.99. The molecule has 2 aromatic carbocycles. The number of nitrogens with zero attached hydrogens (tertiary/aromatic N) is 2. The fourth-order valence-corrected chi connectivity index (χ4v) is 6.49. The molecule has 1 atom stereocenters. The molecule has 10 heteroatoms. The van der Waals surface area contributed by atoms with E-state index in [1.165, 1.54) is 21.5 Å². The first-order valence-electron chi connectivity index (χ1n) is 11.6. The van der Waals surface area contributed by atoms with Crippen molar-refractivity contribution in [3.05, 3.63) is 69.3 Å². The van der Waals surface area contributed by atoms with E-state index in [-0.39, 0.29) is 17.2 Å². The van der Waals surface area contributed by atoms with Gasteiger partial charge in [-0.3, -0.25) is 14.2 Å². The van der Waals surface area contributed by atoms with Crippen molar-refractivity contribution in [1.29, 1.82) is 0 Å². The molecule has 1 aliphatic heterocycles. The molecule has 5 rings (SSSR count). The van der Waals surface area contributed by atoms with Crippen LogP contribution in [-0.4, -0.2) is 49.0 Å². The number of methoxy groups -OCH3 is 2. The van der Waals surface area contributed by atoms with Crippen molar-refractivity contribution >= 4 is 44.9 Å². The molecular weight excluding hydrogens is 496 g/mol. The molecule has 0 saturated carbocycles. The fraction of sp³-hybridized carbons (Fsp3) is 0.269. The van der Waals surface area contributed by atoms with Crippen molar-refractivity contribution in [3.8, 4) is 17.2 Å². The molecule has 2 aromatic heterocycles. The Kier molecular flexibility index (Phi) is 6.99. The number of fused-ring (bicyclic) bond motifs is 3. The van der Waals surface area contributed by atoms with Crippen LogP contribution in [0, 0.1) is 0 Å². The number of thioether (sulfide) groups is 1. The average Bonchev–Trinajstić information content (AvgIpc) is 3.25. The number of thiophene rings is 1. The van der Waals surface area contributed by atoms with E-state index < -0.39 is 0 Å². The van der Waals surface area contributed by atoms with Gasteiger partial charge in [-0.05, 0) is 54.1 Å². The molecule has 0 bridgehead atoms. The molecule has 0 saturated heterocycles. The van der Waals surface area contributed by atoms with Crippen LogP contribution in [0.2, 0.25) is 0 Å². The van der Waals surface area contributed by atoms with Crippen LogP contribution < -0.4 is 25.2 Å². The van der Waals surface area contributed by atoms with Gasteiger partial charge in [0, 0.05) is 12.1 Å². The van der Waals surface area contributed by atoms with E-state index in [9.17, 15) is 9.59 Å². The molecule has 0 aliphatic carbocycles. The molecule has 0 fully saturated rings. The summed E-state index contributed by atoms with van der Waals surface area (Å²) in [5.74, 6) is 1.34. The second-order valence-electron chi connectivity index (χ2n) is 8.62. The Labute approximate surface area is 216 Å². The summed E-state index contributed by atoms with van der Waals surface area (Å²) in [6.07, 6.45) is 0.859. The lowest BCUT2D eigenvalue weighted by Crippen LogP contribution is -3.08. The second kappa shape index (κ2) is 10.3. The zero-order valence-corrected chi connectivity index (χ0v) is 21.9. The van der Waals surface area contributed by atoms with Crippen LogP contribution in [0.1, 0.15) is 10.4 Å². The molecule has 186 valence electrons. The van der Waals surface area contributed by atoms with Crippen LogP contribution in [0.25, 0.3) is 15.9 Å². The maximum Gasteiger partial charge on any atom is 0.267 e. The fourth-order valence-electron chi connectivity index (χ4n) is 4.30. The van der Waals surface area contributed by atoms with Gasteiger partial charge >= 0.3 is 0 Å². The molecule has 0 spiro atoms. The van der Waals surface area contributed by atoms with Crippen molar-refractivity contribution in [1.82, 2.24) is 9.55 Å². The first-order chi connectivity index (χ1) is 17.5. The number of amides is 1. The first kappa shape index (κ1) is 24.4. The largest absolute Gasteiger partial charge is 0.497 e. The van der Waals surface area contributed by atoms with E-state index in [0.29, 0.717) is 27.7 Å². The van der Waals surface area contributed by atoms with Gasteiger partial charge in [-0.1, -0.05) is 11.8 Å². The third-order valence-corrected chi connectivity index (χ3v) is 8.24. The van der Waals surface area contributed by atoms with Crippen molar-refractivity contribution in [2.45, 2.75) is 18.1 Å². The lowest BCUT2D eigenvalue weighted by atomic mass is 10.1. The number of hydrogen-bond acceptors (Lipinski definition) is 7. The minimum atomic E-state index is -0.184. The Morgan fingerprint density at radius 1 is 1.11 bits per heavy atom. The minimum Gasteiger partial charge on any atom is -0.497 e. The number of aromatic nitrogens is 2. The van der Waals surface area contributed by atoms with Crippen LogP contribution in [-0.2, 0) is 17.8 Å². The number of benzene rings is 2. The van der Waals surface area contributed by atoms with Gasteiger partial charge < -0.3 is 19.7 Å². The van der Waals surface area contributed by atoms with Gasteiger partial charge in [0.05, 0.1) is 49.5 Å². The van der Waals surface area contributed by atoms with Crippen LogP contribution in [0.5, 0.6) is 11.5 Å². The van der Waals surface area contributed by atoms with Crippen LogP contribution in [0.3, 0.4) is 0 Å². The second-order valence-corrected chi connectivity index (χ2v) is 10.6. The van der Waals surface area contributed by atoms with Crippen LogP contribution in [0.4, 0.5) is 5.69 Å². The topological polar surface area (TPSA) is 86.9 Å². The monoisotopic (exact) mass is 523 g/mol. The number of rotatable bonds is 7. The molecule has 1 aliphatic rings. The van der Waals surface area contributed by atoms with E-state index in [1.54, 1.807) is 54.4 Å². The number of ether oxygens (including phenoxy) is 2. The Balaban J connectivity index is 1.49. The molecule has 3 heterocycles. The molecule has 2 N–H and O–H groups in total. The van der Waals surface area contributed by atoms with Crippen molar-refractivity contribution in [2.24, 2.45) is 0 Å². The molecule has 1 unspecified atom stereocenters. The first-order valence-corrected chi connectivity index (χ1v) is 13.4. The molecule has 8 nitrogen and oxygen atoms in total. The highest BCUT2D eigenvalue weighted by Crippen LogP contribution is 2.32. The maximum atomic E-state index is 13.9. The summed E-state index contributed by atoms with van der Waals surface area (Å²) in [6.45, 7) is 1.88. The van der Waals surface area contributed by atoms with E-state index in [1.807, 2.05) is 24.3 Å². The predicted octanol–water partition coefficient (Wildman–Crippen LogP) is 2.77. The zero-order chi connectivity index (χ0) is 25.2. The Hall–Kier alpha value is -3.34. The van der Waals surface area contributed by atoms with Gasteiger partial charge in [0.1, 0.15) is 22.9 Å². The summed E-state index contributed by atoms with van der Waals surface area (Å²) in [4.78, 5) is 34.9. The minimum absolute atomic E-state index is 0.0970. The van der Waals surface area contributed by atoms with Crippen molar-refractivity contribution in [2.75, 3.05) is 38.9 Å². The Morgan fingerprint density at radius 3 is 2.44 bits per heavy atom. The average molecular weight is 524 g/mol. The molecule has 0 radical (unpaired) electrons. The van der Waals surface area contributed by atoms with Crippen molar-refractivity contribution < 1.29 is 19.2 Å². The highest BCUT2D eigenvalue weighted by atomic mass is 32.2. The SMILES string of the molecule is COc1ccc(NC(=O)CSc2nc3sc4c(c3c(=O)n2-c2ccc(OC)cc2)CC[NH+](C)C4)cc1. The summed E-state index contributed by atoms with van der Waals surface area (Å²) in [5, 5.41) is 4.07.